The van der Waals surface area contributed by atoms with Crippen LogP contribution >= 0.6 is 0 Å². The molecule has 0 aliphatic carbocycles. The molecule has 0 bridgehead atoms. The molecule has 0 spiro atoms. The van der Waals surface area contributed by atoms with Crippen LogP contribution in [0.1, 0.15) is 27.7 Å². The molecule has 0 nitrogen and oxygen atoms in total. The zero-order chi connectivity index (χ0) is 7.98. The first-order valence-corrected chi connectivity index (χ1v) is 8.30. The van der Waals surface area contributed by atoms with Crippen LogP contribution in [0, 0.1) is 0 Å². The van der Waals surface area contributed by atoms with Gasteiger partial charge in [0.05, 0.1) is 0 Å². The molecule has 0 N–H and O–H groups in total. The first-order chi connectivity index (χ1) is 4.66. The van der Waals surface area contributed by atoms with E-state index >= 15 is 0 Å². The Morgan fingerprint density at radius 1 is 1.10 bits per heavy atom. The van der Waals surface area contributed by atoms with Crippen molar-refractivity contribution in [2.75, 3.05) is 0 Å². The van der Waals surface area contributed by atoms with Gasteiger partial charge in [0.2, 0.25) is 0 Å². The van der Waals surface area contributed by atoms with Crippen LogP contribution in [0.4, 0.5) is 0 Å². The van der Waals surface area contributed by atoms with Gasteiger partial charge < -0.3 is 0 Å². The fourth-order valence-corrected chi connectivity index (χ4v) is 5.34. The molecule has 0 rings (SSSR count). The van der Waals surface area contributed by atoms with E-state index in [4.69, 9.17) is 0 Å². The Balaban J connectivity index is 3.12. The van der Waals surface area contributed by atoms with E-state index in [0.29, 0.717) is 0 Å². The van der Waals surface area contributed by atoms with Gasteiger partial charge in [-0.05, 0) is 0 Å². The van der Waals surface area contributed by atoms with Crippen LogP contribution in [0.5, 0.6) is 0 Å². The molecule has 0 radical (unpaired) electrons. The quantitative estimate of drug-likeness (QED) is 0.675. The van der Waals surface area contributed by atoms with Gasteiger partial charge in [0, 0.05) is 0 Å². The van der Waals surface area contributed by atoms with Crippen molar-refractivity contribution < 1.29 is 0 Å². The maximum absolute atomic E-state index is 2.41. The Labute approximate surface area is 77.9 Å². The zero-order valence-electron chi connectivity index (χ0n) is 7.39. The summed E-state index contributed by atoms with van der Waals surface area (Å²) in [5.74, 6) is 0. The van der Waals surface area contributed by atoms with Crippen molar-refractivity contribution in [3.05, 3.63) is 0 Å². The molecule has 1 atom stereocenters. The Kier molecular flexibility index (Phi) is 7.43. The minimum absolute atomic E-state index is 0.913. The van der Waals surface area contributed by atoms with E-state index < -0.39 is 0 Å². The molecular formula is C8H18Se2. The van der Waals surface area contributed by atoms with Crippen LogP contribution in [0.15, 0.2) is 0 Å². The predicted molar refractivity (Wildman–Crippen MR) is 51.3 cm³/mol. The summed E-state index contributed by atoms with van der Waals surface area (Å²) in [5, 5.41) is 2.93. The van der Waals surface area contributed by atoms with Gasteiger partial charge in [-0.1, -0.05) is 0 Å². The summed E-state index contributed by atoms with van der Waals surface area (Å²) in [7, 11) is 0. The van der Waals surface area contributed by atoms with Crippen LogP contribution in [0.25, 0.3) is 0 Å². The monoisotopic (exact) mass is 274 g/mol. The number of hydrogen-bond acceptors (Lipinski definition) is 0. The third-order valence-corrected chi connectivity index (χ3v) is 7.28. The SMILES string of the molecule is CC[Se]C(C)C[Se]C(C)C. The van der Waals surface area contributed by atoms with Crippen molar-refractivity contribution in [2.45, 2.75) is 48.0 Å². The third kappa shape index (κ3) is 7.15. The molecule has 0 saturated heterocycles. The Hall–Kier alpha value is 1.04. The van der Waals surface area contributed by atoms with E-state index in [1.807, 2.05) is 0 Å². The van der Waals surface area contributed by atoms with E-state index in [1.54, 1.807) is 0 Å². The van der Waals surface area contributed by atoms with E-state index in [2.05, 4.69) is 27.7 Å². The molecule has 0 aliphatic rings. The zero-order valence-corrected chi connectivity index (χ0v) is 10.8. The molecule has 0 aromatic carbocycles. The van der Waals surface area contributed by atoms with Crippen molar-refractivity contribution in [2.24, 2.45) is 0 Å². The molecule has 0 amide bonds. The normalized spacial score (nSPS) is 14.1. The van der Waals surface area contributed by atoms with Crippen molar-refractivity contribution in [1.82, 2.24) is 0 Å². The van der Waals surface area contributed by atoms with Gasteiger partial charge in [0.25, 0.3) is 0 Å². The van der Waals surface area contributed by atoms with E-state index in [-0.39, 0.29) is 0 Å². The average Bonchev–Trinajstić information content (AvgIpc) is 1.85. The maximum atomic E-state index is 2.41. The average molecular weight is 272 g/mol. The predicted octanol–water partition coefficient (Wildman–Crippen LogP) is 2.89. The van der Waals surface area contributed by atoms with E-state index in [1.165, 1.54) is 10.6 Å². The van der Waals surface area contributed by atoms with Gasteiger partial charge in [-0.2, -0.15) is 0 Å². The van der Waals surface area contributed by atoms with Crippen molar-refractivity contribution >= 4 is 29.9 Å². The van der Waals surface area contributed by atoms with Crippen molar-refractivity contribution in [3.63, 3.8) is 0 Å². The topological polar surface area (TPSA) is 0 Å². The van der Waals surface area contributed by atoms with E-state index in [0.717, 1.165) is 39.5 Å². The minimum atomic E-state index is 0.913. The van der Waals surface area contributed by atoms with Gasteiger partial charge in [0.15, 0.2) is 0 Å². The Morgan fingerprint density at radius 3 is 2.10 bits per heavy atom. The molecule has 2 heteroatoms. The summed E-state index contributed by atoms with van der Waals surface area (Å²) in [6.45, 7) is 9.39. The first kappa shape index (κ1) is 11.0. The number of rotatable bonds is 5. The van der Waals surface area contributed by atoms with Crippen LogP contribution in [-0.4, -0.2) is 29.9 Å². The van der Waals surface area contributed by atoms with Gasteiger partial charge >= 0.3 is 77.9 Å². The summed E-state index contributed by atoms with van der Waals surface area (Å²) in [4.78, 5) is 2.00. The van der Waals surface area contributed by atoms with Gasteiger partial charge in [-0.3, -0.25) is 0 Å². The first-order valence-electron chi connectivity index (χ1n) is 3.90. The summed E-state index contributed by atoms with van der Waals surface area (Å²) in [5.41, 5.74) is 0. The molecule has 0 heterocycles. The summed E-state index contributed by atoms with van der Waals surface area (Å²) >= 11 is 1.84. The molecule has 0 aromatic heterocycles. The van der Waals surface area contributed by atoms with Gasteiger partial charge in [0.1, 0.15) is 0 Å². The number of hydrogen-bond donors (Lipinski definition) is 0. The van der Waals surface area contributed by atoms with Gasteiger partial charge in [-0.15, -0.1) is 0 Å². The van der Waals surface area contributed by atoms with Crippen LogP contribution in [-0.2, 0) is 0 Å². The van der Waals surface area contributed by atoms with Crippen LogP contribution < -0.4 is 0 Å². The standard InChI is InChI=1S/C8H18Se2/c1-5-9-8(4)6-10-7(2)3/h7-8H,5-6H2,1-4H3. The molecule has 0 saturated carbocycles. The molecular weight excluding hydrogens is 254 g/mol. The van der Waals surface area contributed by atoms with Crippen LogP contribution in [0.2, 0.25) is 20.3 Å². The molecule has 62 valence electrons. The van der Waals surface area contributed by atoms with Gasteiger partial charge in [-0.25, -0.2) is 0 Å². The van der Waals surface area contributed by atoms with Crippen molar-refractivity contribution in [1.29, 1.82) is 0 Å². The fourth-order valence-electron chi connectivity index (χ4n) is 0.661. The second kappa shape index (κ2) is 6.73. The summed E-state index contributed by atoms with van der Waals surface area (Å²) < 4.78 is 0. The second-order valence-corrected chi connectivity index (χ2v) is 9.62. The Bertz CT molecular complexity index is 71.7. The fraction of sp³-hybridized carbons (Fsp3) is 1.00. The Morgan fingerprint density at radius 2 is 1.70 bits per heavy atom. The summed E-state index contributed by atoms with van der Waals surface area (Å²) in [6, 6.07) is 0. The van der Waals surface area contributed by atoms with Crippen molar-refractivity contribution in [3.8, 4) is 0 Å². The van der Waals surface area contributed by atoms with Crippen LogP contribution in [0.3, 0.4) is 0 Å². The molecule has 0 aliphatic heterocycles. The molecule has 0 aromatic rings. The molecule has 0 fully saturated rings. The second-order valence-electron chi connectivity index (χ2n) is 2.65. The molecule has 10 heavy (non-hydrogen) atoms. The summed E-state index contributed by atoms with van der Waals surface area (Å²) in [6.07, 6.45) is 0. The third-order valence-electron chi connectivity index (χ3n) is 1.12. The van der Waals surface area contributed by atoms with E-state index in [9.17, 15) is 0 Å². The molecule has 1 unspecified atom stereocenters.